The van der Waals surface area contributed by atoms with E-state index in [4.69, 9.17) is 10.2 Å². The van der Waals surface area contributed by atoms with Gasteiger partial charge < -0.3 is 20.0 Å². The molecule has 1 aliphatic heterocycles. The van der Waals surface area contributed by atoms with Crippen molar-refractivity contribution in [1.82, 2.24) is 14.9 Å². The molecule has 116 valence electrons. The highest BCUT2D eigenvalue weighted by atomic mass is 16.3. The minimum Gasteiger partial charge on any atom is -0.469 e. The third-order valence-corrected chi connectivity index (χ3v) is 3.84. The Bertz CT molecular complexity index is 669. The first kappa shape index (κ1) is 14.4. The van der Waals surface area contributed by atoms with Crippen molar-refractivity contribution >= 4 is 17.7 Å². The van der Waals surface area contributed by atoms with Crippen LogP contribution >= 0.6 is 0 Å². The molecule has 3 rings (SSSR count). The summed E-state index contributed by atoms with van der Waals surface area (Å²) in [6.07, 6.45) is 1.55. The van der Waals surface area contributed by atoms with E-state index in [2.05, 4.69) is 14.9 Å². The molecule has 2 N–H and O–H groups in total. The van der Waals surface area contributed by atoms with Gasteiger partial charge in [0.15, 0.2) is 0 Å². The van der Waals surface area contributed by atoms with Crippen LogP contribution in [-0.4, -0.2) is 47.0 Å². The summed E-state index contributed by atoms with van der Waals surface area (Å²) < 4.78 is 5.20. The Kier molecular flexibility index (Phi) is 3.70. The average molecular weight is 301 g/mol. The Morgan fingerprint density at radius 3 is 2.55 bits per heavy atom. The van der Waals surface area contributed by atoms with Crippen molar-refractivity contribution in [1.29, 1.82) is 0 Å². The third kappa shape index (κ3) is 2.74. The van der Waals surface area contributed by atoms with Gasteiger partial charge in [0.05, 0.1) is 11.8 Å². The number of nitrogen functional groups attached to an aromatic ring is 1. The Labute approximate surface area is 128 Å². The van der Waals surface area contributed by atoms with Gasteiger partial charge in [0.1, 0.15) is 11.6 Å². The van der Waals surface area contributed by atoms with Crippen LogP contribution in [0.25, 0.3) is 0 Å². The predicted molar refractivity (Wildman–Crippen MR) is 82.7 cm³/mol. The lowest BCUT2D eigenvalue weighted by Crippen LogP contribution is -2.49. The van der Waals surface area contributed by atoms with E-state index in [9.17, 15) is 4.79 Å². The number of carbonyl (C=O) groups is 1. The zero-order chi connectivity index (χ0) is 15.7. The maximum absolute atomic E-state index is 12.4. The summed E-state index contributed by atoms with van der Waals surface area (Å²) in [5, 5.41) is 0. The summed E-state index contributed by atoms with van der Waals surface area (Å²) >= 11 is 0. The van der Waals surface area contributed by atoms with Crippen LogP contribution < -0.4 is 10.6 Å². The van der Waals surface area contributed by atoms with Crippen LogP contribution in [0.4, 0.5) is 11.8 Å². The molecule has 2 aromatic rings. The van der Waals surface area contributed by atoms with Crippen LogP contribution in [0, 0.1) is 13.8 Å². The van der Waals surface area contributed by atoms with Gasteiger partial charge in [-0.3, -0.25) is 4.79 Å². The maximum atomic E-state index is 12.4. The van der Waals surface area contributed by atoms with Crippen molar-refractivity contribution in [2.75, 3.05) is 36.8 Å². The molecule has 22 heavy (non-hydrogen) atoms. The van der Waals surface area contributed by atoms with Gasteiger partial charge in [0.2, 0.25) is 5.95 Å². The van der Waals surface area contributed by atoms with Crippen molar-refractivity contribution in [2.24, 2.45) is 0 Å². The highest BCUT2D eigenvalue weighted by Gasteiger charge is 2.24. The highest BCUT2D eigenvalue weighted by Crippen LogP contribution is 2.18. The van der Waals surface area contributed by atoms with Crippen LogP contribution in [0.3, 0.4) is 0 Å². The molecule has 0 saturated carbocycles. The predicted octanol–water partition coefficient (Wildman–Crippen LogP) is 1.23. The zero-order valence-corrected chi connectivity index (χ0v) is 12.7. The van der Waals surface area contributed by atoms with Crippen molar-refractivity contribution in [3.05, 3.63) is 35.4 Å². The van der Waals surface area contributed by atoms with Crippen molar-refractivity contribution in [3.8, 4) is 0 Å². The molecule has 0 unspecified atom stereocenters. The van der Waals surface area contributed by atoms with Gasteiger partial charge in [-0.25, -0.2) is 4.98 Å². The summed E-state index contributed by atoms with van der Waals surface area (Å²) in [4.78, 5) is 24.7. The standard InChI is InChI=1S/C15H19N5O2/c1-10-9-13(18-15(16)17-10)19-4-6-20(7-5-19)14(21)12-3-8-22-11(12)2/h3,8-9H,4-7H2,1-2H3,(H2,16,17,18). The van der Waals surface area contributed by atoms with E-state index in [0.717, 1.165) is 24.6 Å². The summed E-state index contributed by atoms with van der Waals surface area (Å²) in [7, 11) is 0. The van der Waals surface area contributed by atoms with Crippen LogP contribution in [0.5, 0.6) is 0 Å². The highest BCUT2D eigenvalue weighted by molar-refractivity contribution is 5.95. The second kappa shape index (κ2) is 5.67. The van der Waals surface area contributed by atoms with E-state index < -0.39 is 0 Å². The van der Waals surface area contributed by atoms with E-state index in [0.29, 0.717) is 24.4 Å². The maximum Gasteiger partial charge on any atom is 0.257 e. The number of hydrogen-bond donors (Lipinski definition) is 1. The third-order valence-electron chi connectivity index (χ3n) is 3.84. The Morgan fingerprint density at radius 1 is 1.23 bits per heavy atom. The van der Waals surface area contributed by atoms with Gasteiger partial charge in [-0.2, -0.15) is 4.98 Å². The Morgan fingerprint density at radius 2 is 1.95 bits per heavy atom. The number of aromatic nitrogens is 2. The van der Waals surface area contributed by atoms with Crippen molar-refractivity contribution in [2.45, 2.75) is 13.8 Å². The molecule has 1 amide bonds. The number of amides is 1. The Balaban J connectivity index is 1.67. The number of aryl methyl sites for hydroxylation is 2. The molecule has 2 aromatic heterocycles. The second-order valence-electron chi connectivity index (χ2n) is 5.40. The second-order valence-corrected chi connectivity index (χ2v) is 5.40. The largest absolute Gasteiger partial charge is 0.469 e. The summed E-state index contributed by atoms with van der Waals surface area (Å²) in [6.45, 7) is 6.43. The van der Waals surface area contributed by atoms with Crippen LogP contribution in [0.15, 0.2) is 22.8 Å². The fourth-order valence-electron chi connectivity index (χ4n) is 2.65. The lowest BCUT2D eigenvalue weighted by Gasteiger charge is -2.35. The van der Waals surface area contributed by atoms with E-state index in [1.54, 1.807) is 19.3 Å². The molecular formula is C15H19N5O2. The molecule has 1 saturated heterocycles. The molecule has 0 bridgehead atoms. The number of piperazine rings is 1. The normalized spacial score (nSPS) is 15.2. The summed E-state index contributed by atoms with van der Waals surface area (Å²) in [5.41, 5.74) is 7.18. The average Bonchev–Trinajstić information content (AvgIpc) is 2.92. The molecule has 7 nitrogen and oxygen atoms in total. The number of rotatable bonds is 2. The topological polar surface area (TPSA) is 88.5 Å². The zero-order valence-electron chi connectivity index (χ0n) is 12.7. The van der Waals surface area contributed by atoms with E-state index in [1.807, 2.05) is 17.9 Å². The van der Waals surface area contributed by atoms with E-state index >= 15 is 0 Å². The lowest BCUT2D eigenvalue weighted by atomic mass is 10.2. The summed E-state index contributed by atoms with van der Waals surface area (Å²) in [6, 6.07) is 3.63. The fourth-order valence-corrected chi connectivity index (χ4v) is 2.65. The van der Waals surface area contributed by atoms with E-state index in [-0.39, 0.29) is 11.9 Å². The van der Waals surface area contributed by atoms with Gasteiger partial charge in [0, 0.05) is 37.9 Å². The first-order valence-corrected chi connectivity index (χ1v) is 7.24. The molecule has 7 heteroatoms. The first-order valence-electron chi connectivity index (χ1n) is 7.24. The number of hydrogen-bond acceptors (Lipinski definition) is 6. The van der Waals surface area contributed by atoms with Gasteiger partial charge in [-0.15, -0.1) is 0 Å². The SMILES string of the molecule is Cc1cc(N2CCN(C(=O)c3ccoc3C)CC2)nc(N)n1. The van der Waals surface area contributed by atoms with Crippen molar-refractivity contribution < 1.29 is 9.21 Å². The number of carbonyl (C=O) groups excluding carboxylic acids is 1. The molecule has 0 atom stereocenters. The smallest absolute Gasteiger partial charge is 0.257 e. The quantitative estimate of drug-likeness (QED) is 0.897. The molecule has 0 aliphatic carbocycles. The lowest BCUT2D eigenvalue weighted by molar-refractivity contribution is 0.0744. The number of anilines is 2. The molecule has 3 heterocycles. The molecular weight excluding hydrogens is 282 g/mol. The number of nitrogens with zero attached hydrogens (tertiary/aromatic N) is 4. The first-order chi connectivity index (χ1) is 10.5. The van der Waals surface area contributed by atoms with Crippen LogP contribution in [-0.2, 0) is 0 Å². The molecule has 1 fully saturated rings. The fraction of sp³-hybridized carbons (Fsp3) is 0.400. The minimum absolute atomic E-state index is 0.0179. The summed E-state index contributed by atoms with van der Waals surface area (Å²) in [5.74, 6) is 1.77. The van der Waals surface area contributed by atoms with Crippen molar-refractivity contribution in [3.63, 3.8) is 0 Å². The van der Waals surface area contributed by atoms with Gasteiger partial charge in [-0.05, 0) is 19.9 Å². The Hall–Kier alpha value is -2.57. The van der Waals surface area contributed by atoms with Crippen LogP contribution in [0.1, 0.15) is 21.8 Å². The van der Waals surface area contributed by atoms with Gasteiger partial charge in [0.25, 0.3) is 5.91 Å². The molecule has 0 aromatic carbocycles. The van der Waals surface area contributed by atoms with Gasteiger partial charge in [-0.1, -0.05) is 0 Å². The van der Waals surface area contributed by atoms with E-state index in [1.165, 1.54) is 0 Å². The molecule has 0 spiro atoms. The molecule has 1 aliphatic rings. The van der Waals surface area contributed by atoms with Gasteiger partial charge >= 0.3 is 0 Å². The number of nitrogens with two attached hydrogens (primary N) is 1. The minimum atomic E-state index is 0.0179. The monoisotopic (exact) mass is 301 g/mol. The molecule has 0 radical (unpaired) electrons. The van der Waals surface area contributed by atoms with Crippen LogP contribution in [0.2, 0.25) is 0 Å². The number of furan rings is 1.